The molecule has 2 N–H and O–H groups in total. The van der Waals surface area contributed by atoms with Crippen LogP contribution in [0.3, 0.4) is 0 Å². The summed E-state index contributed by atoms with van der Waals surface area (Å²) in [5.41, 5.74) is 1.10. The second-order valence-electron chi connectivity index (χ2n) is 8.37. The van der Waals surface area contributed by atoms with Crippen molar-refractivity contribution in [3.8, 4) is 23.0 Å². The topological polar surface area (TPSA) is 98.4 Å². The van der Waals surface area contributed by atoms with E-state index in [4.69, 9.17) is 18.9 Å². The van der Waals surface area contributed by atoms with Crippen molar-refractivity contribution in [2.24, 2.45) is 5.92 Å². The first-order chi connectivity index (χ1) is 17.5. The Labute approximate surface area is 213 Å². The molecule has 0 aliphatic carbocycles. The number of hydrogen-bond acceptors (Lipinski definition) is 6. The van der Waals surface area contributed by atoms with Crippen molar-refractivity contribution >= 4 is 17.6 Å². The van der Waals surface area contributed by atoms with Gasteiger partial charge in [-0.05, 0) is 63.8 Å². The normalized spacial score (nSPS) is 13.6. The number of hydrogen-bond donors (Lipinski definition) is 2. The smallest absolute Gasteiger partial charge is 0.321 e. The first kappa shape index (κ1) is 27.0. The maximum Gasteiger partial charge on any atom is 0.321 e. The molecule has 9 heteroatoms. The number of nitrogens with zero attached hydrogens (tertiary/aromatic N) is 1. The van der Waals surface area contributed by atoms with Crippen LogP contribution in [0.15, 0.2) is 36.4 Å². The molecule has 9 nitrogen and oxygen atoms in total. The van der Waals surface area contributed by atoms with Crippen molar-refractivity contribution in [1.82, 2.24) is 10.2 Å². The summed E-state index contributed by atoms with van der Waals surface area (Å²) in [6, 6.07) is 10.6. The maximum absolute atomic E-state index is 13.0. The van der Waals surface area contributed by atoms with Gasteiger partial charge in [-0.1, -0.05) is 12.1 Å². The van der Waals surface area contributed by atoms with Crippen LogP contribution in [0.25, 0.3) is 0 Å². The van der Waals surface area contributed by atoms with Gasteiger partial charge < -0.3 is 34.5 Å². The molecule has 2 aromatic carbocycles. The number of urea groups is 1. The van der Waals surface area contributed by atoms with Crippen molar-refractivity contribution in [3.63, 3.8) is 0 Å². The average molecular weight is 500 g/mol. The minimum Gasteiger partial charge on any atom is -0.495 e. The van der Waals surface area contributed by atoms with Crippen LogP contribution in [0.2, 0.25) is 0 Å². The summed E-state index contributed by atoms with van der Waals surface area (Å²) >= 11 is 0. The molecule has 1 fully saturated rings. The molecule has 3 rings (SSSR count). The molecule has 0 atom stereocenters. The van der Waals surface area contributed by atoms with E-state index in [0.29, 0.717) is 73.7 Å². The minimum absolute atomic E-state index is 0.150. The third kappa shape index (κ3) is 6.96. The van der Waals surface area contributed by atoms with Crippen LogP contribution in [-0.2, 0) is 0 Å². The standard InChI is InChI=1S/C27H37N3O6/c1-5-34-23-16-20(17-24(35-6-2)25(23)36-7-3)26(31)28-18-19-12-14-30(15-13-19)27(32)29-21-10-8-9-11-22(21)33-4/h8-11,16-17,19H,5-7,12-15,18H2,1-4H3,(H,28,31)(H,29,32). The highest BCUT2D eigenvalue weighted by molar-refractivity contribution is 5.95. The Morgan fingerprint density at radius 2 is 1.53 bits per heavy atom. The van der Waals surface area contributed by atoms with E-state index in [9.17, 15) is 9.59 Å². The van der Waals surface area contributed by atoms with E-state index in [1.165, 1.54) is 0 Å². The van der Waals surface area contributed by atoms with Gasteiger partial charge in [-0.15, -0.1) is 0 Å². The number of piperidine rings is 1. The lowest BCUT2D eigenvalue weighted by atomic mass is 9.97. The zero-order valence-electron chi connectivity index (χ0n) is 21.6. The molecule has 0 radical (unpaired) electrons. The number of benzene rings is 2. The SMILES string of the molecule is CCOc1cc(C(=O)NCC2CCN(C(=O)Nc3ccccc3OC)CC2)cc(OCC)c1OCC. The highest BCUT2D eigenvalue weighted by Gasteiger charge is 2.24. The van der Waals surface area contributed by atoms with Crippen molar-refractivity contribution in [2.45, 2.75) is 33.6 Å². The molecule has 36 heavy (non-hydrogen) atoms. The molecule has 196 valence electrons. The van der Waals surface area contributed by atoms with Gasteiger partial charge in [0.15, 0.2) is 11.5 Å². The molecule has 3 amide bonds. The second-order valence-corrected chi connectivity index (χ2v) is 8.37. The van der Waals surface area contributed by atoms with Gasteiger partial charge in [-0.3, -0.25) is 4.79 Å². The van der Waals surface area contributed by atoms with E-state index in [-0.39, 0.29) is 17.9 Å². The molecule has 1 aliphatic heterocycles. The van der Waals surface area contributed by atoms with Gasteiger partial charge >= 0.3 is 6.03 Å². The summed E-state index contributed by atoms with van der Waals surface area (Å²) < 4.78 is 22.5. The van der Waals surface area contributed by atoms with E-state index in [0.717, 1.165) is 12.8 Å². The van der Waals surface area contributed by atoms with Gasteiger partial charge in [0, 0.05) is 25.2 Å². The van der Waals surface area contributed by atoms with Crippen molar-refractivity contribution in [3.05, 3.63) is 42.0 Å². The number of carbonyl (C=O) groups excluding carboxylic acids is 2. The lowest BCUT2D eigenvalue weighted by Crippen LogP contribution is -2.43. The molecular formula is C27H37N3O6. The van der Waals surface area contributed by atoms with Crippen LogP contribution < -0.4 is 29.6 Å². The molecule has 0 saturated carbocycles. The number of nitrogens with one attached hydrogen (secondary N) is 2. The Balaban J connectivity index is 1.55. The highest BCUT2D eigenvalue weighted by atomic mass is 16.5. The number of para-hydroxylation sites is 2. The number of ether oxygens (including phenoxy) is 4. The van der Waals surface area contributed by atoms with E-state index in [1.54, 1.807) is 24.1 Å². The third-order valence-corrected chi connectivity index (χ3v) is 5.97. The zero-order valence-corrected chi connectivity index (χ0v) is 21.6. The highest BCUT2D eigenvalue weighted by Crippen LogP contribution is 2.39. The molecule has 0 spiro atoms. The van der Waals surface area contributed by atoms with Crippen LogP contribution in [0.5, 0.6) is 23.0 Å². The fraction of sp³-hybridized carbons (Fsp3) is 0.481. The van der Waals surface area contributed by atoms with Gasteiger partial charge in [0.1, 0.15) is 5.75 Å². The molecule has 0 bridgehead atoms. The first-order valence-electron chi connectivity index (χ1n) is 12.5. The van der Waals surface area contributed by atoms with Crippen molar-refractivity contribution in [1.29, 1.82) is 0 Å². The Kier molecular flexibility index (Phi) is 10.1. The fourth-order valence-corrected chi connectivity index (χ4v) is 4.14. The number of carbonyl (C=O) groups is 2. The van der Waals surface area contributed by atoms with Gasteiger partial charge in [0.2, 0.25) is 5.75 Å². The van der Waals surface area contributed by atoms with Gasteiger partial charge in [0.05, 0.1) is 32.6 Å². The van der Waals surface area contributed by atoms with Gasteiger partial charge in [-0.25, -0.2) is 4.79 Å². The van der Waals surface area contributed by atoms with E-state index >= 15 is 0 Å². The maximum atomic E-state index is 13.0. The molecule has 2 aromatic rings. The summed E-state index contributed by atoms with van der Waals surface area (Å²) in [4.78, 5) is 27.4. The minimum atomic E-state index is -0.198. The molecule has 1 aliphatic rings. The van der Waals surface area contributed by atoms with Crippen LogP contribution in [0.1, 0.15) is 44.0 Å². The van der Waals surface area contributed by atoms with E-state index < -0.39 is 0 Å². The lowest BCUT2D eigenvalue weighted by Gasteiger charge is -2.32. The number of methoxy groups -OCH3 is 1. The number of likely N-dealkylation sites (tertiary alicyclic amines) is 1. The monoisotopic (exact) mass is 499 g/mol. The summed E-state index contributed by atoms with van der Waals surface area (Å²) in [7, 11) is 1.58. The van der Waals surface area contributed by atoms with Crippen LogP contribution in [-0.4, -0.2) is 63.4 Å². The predicted molar refractivity (Wildman–Crippen MR) is 139 cm³/mol. The Morgan fingerprint density at radius 3 is 2.11 bits per heavy atom. The largest absolute Gasteiger partial charge is 0.495 e. The summed E-state index contributed by atoms with van der Waals surface area (Å²) in [6.07, 6.45) is 1.61. The second kappa shape index (κ2) is 13.5. The van der Waals surface area contributed by atoms with E-state index in [1.807, 2.05) is 45.0 Å². The molecule has 0 aromatic heterocycles. The Hall–Kier alpha value is -3.62. The Morgan fingerprint density at radius 1 is 0.917 bits per heavy atom. The van der Waals surface area contributed by atoms with Crippen LogP contribution in [0, 0.1) is 5.92 Å². The number of amides is 3. The molecule has 1 saturated heterocycles. The number of anilines is 1. The quantitative estimate of drug-likeness (QED) is 0.470. The summed E-state index contributed by atoms with van der Waals surface area (Å²) in [5, 5.41) is 5.95. The number of rotatable bonds is 11. The van der Waals surface area contributed by atoms with Crippen molar-refractivity contribution in [2.75, 3.05) is 51.9 Å². The Bertz CT molecular complexity index is 993. The molecular weight excluding hydrogens is 462 g/mol. The lowest BCUT2D eigenvalue weighted by molar-refractivity contribution is 0.0937. The van der Waals surface area contributed by atoms with E-state index in [2.05, 4.69) is 10.6 Å². The average Bonchev–Trinajstić information content (AvgIpc) is 2.89. The fourth-order valence-electron chi connectivity index (χ4n) is 4.14. The molecule has 1 heterocycles. The van der Waals surface area contributed by atoms with Crippen molar-refractivity contribution < 1.29 is 28.5 Å². The molecule has 0 unspecified atom stereocenters. The zero-order chi connectivity index (χ0) is 25.9. The van der Waals surface area contributed by atoms with Crippen LogP contribution >= 0.6 is 0 Å². The third-order valence-electron chi connectivity index (χ3n) is 5.97. The van der Waals surface area contributed by atoms with Gasteiger partial charge in [-0.2, -0.15) is 0 Å². The predicted octanol–water partition coefficient (Wildman–Crippen LogP) is 4.57. The van der Waals surface area contributed by atoms with Crippen LogP contribution in [0.4, 0.5) is 10.5 Å². The summed E-state index contributed by atoms with van der Waals surface area (Å²) in [5.74, 6) is 2.20. The first-order valence-corrected chi connectivity index (χ1v) is 12.5. The summed E-state index contributed by atoms with van der Waals surface area (Å²) in [6.45, 7) is 8.77. The van der Waals surface area contributed by atoms with Gasteiger partial charge in [0.25, 0.3) is 5.91 Å².